The van der Waals surface area contributed by atoms with Crippen LogP contribution in [0.5, 0.6) is 0 Å². The number of amides is 1. The lowest BCUT2D eigenvalue weighted by Gasteiger charge is -2.16. The Morgan fingerprint density at radius 2 is 1.80 bits per heavy atom. The van der Waals surface area contributed by atoms with Crippen molar-refractivity contribution in [2.75, 3.05) is 18.8 Å². The monoisotopic (exact) mass is 379 g/mol. The number of rotatable bonds is 5. The summed E-state index contributed by atoms with van der Waals surface area (Å²) in [5.41, 5.74) is 0.440. The fourth-order valence-corrected chi connectivity index (χ4v) is 3.74. The highest BCUT2D eigenvalue weighted by Crippen LogP contribution is 2.23. The largest absolute Gasteiger partial charge is 0.481 e. The van der Waals surface area contributed by atoms with Crippen LogP contribution in [-0.2, 0) is 25.8 Å². The number of likely N-dealkylation sites (tertiary alicyclic amines) is 1. The second kappa shape index (κ2) is 7.03. The number of hydrogen-bond acceptors (Lipinski definition) is 4. The Morgan fingerprint density at radius 3 is 2.28 bits per heavy atom. The minimum absolute atomic E-state index is 0.0774. The van der Waals surface area contributed by atoms with E-state index in [-0.39, 0.29) is 18.9 Å². The van der Waals surface area contributed by atoms with Crippen molar-refractivity contribution in [1.29, 1.82) is 0 Å². The van der Waals surface area contributed by atoms with Crippen LogP contribution in [0.2, 0.25) is 0 Å². The lowest BCUT2D eigenvalue weighted by molar-refractivity contribution is -0.141. The number of alkyl halides is 3. The molecule has 1 aromatic rings. The predicted octanol–water partition coefficient (Wildman–Crippen LogP) is 1.50. The van der Waals surface area contributed by atoms with Gasteiger partial charge in [0.05, 0.1) is 17.2 Å². The molecule has 6 nitrogen and oxygen atoms in total. The van der Waals surface area contributed by atoms with Gasteiger partial charge in [-0.2, -0.15) is 13.2 Å². The zero-order chi connectivity index (χ0) is 18.8. The van der Waals surface area contributed by atoms with E-state index in [4.69, 9.17) is 5.11 Å². The molecule has 1 heterocycles. The number of carboxylic acids is 1. The maximum Gasteiger partial charge on any atom is 0.403 e. The van der Waals surface area contributed by atoms with E-state index >= 15 is 0 Å². The van der Waals surface area contributed by atoms with Gasteiger partial charge in [0.1, 0.15) is 0 Å². The average molecular weight is 379 g/mol. The third-order valence-corrected chi connectivity index (χ3v) is 5.58. The Labute approximate surface area is 142 Å². The minimum atomic E-state index is -4.83. The van der Waals surface area contributed by atoms with Gasteiger partial charge >= 0.3 is 12.1 Å². The van der Waals surface area contributed by atoms with E-state index in [2.05, 4.69) is 0 Å². The summed E-state index contributed by atoms with van der Waals surface area (Å²) in [7, 11) is -4.48. The van der Waals surface area contributed by atoms with Crippen LogP contribution in [0.3, 0.4) is 0 Å². The molecule has 138 valence electrons. The second-order valence-corrected chi connectivity index (χ2v) is 7.85. The molecule has 0 spiro atoms. The zero-order valence-electron chi connectivity index (χ0n) is 13.0. The predicted molar refractivity (Wildman–Crippen MR) is 80.6 cm³/mol. The molecule has 1 fully saturated rings. The van der Waals surface area contributed by atoms with Crippen LogP contribution >= 0.6 is 0 Å². The molecule has 0 bridgehead atoms. The molecule has 1 atom stereocenters. The smallest absolute Gasteiger partial charge is 0.403 e. The van der Waals surface area contributed by atoms with Gasteiger partial charge in [0.2, 0.25) is 5.91 Å². The van der Waals surface area contributed by atoms with Crippen molar-refractivity contribution in [2.45, 2.75) is 23.9 Å². The van der Waals surface area contributed by atoms with Crippen molar-refractivity contribution in [3.05, 3.63) is 29.8 Å². The summed E-state index contributed by atoms with van der Waals surface area (Å²) in [6, 6.07) is 4.64. The Kier molecular flexibility index (Phi) is 5.40. The van der Waals surface area contributed by atoms with Crippen LogP contribution in [0, 0.1) is 5.92 Å². The molecular weight excluding hydrogens is 363 g/mol. The highest BCUT2D eigenvalue weighted by Gasteiger charge is 2.36. The summed E-state index contributed by atoms with van der Waals surface area (Å²) in [6.45, 7) is 0.445. The van der Waals surface area contributed by atoms with Crippen molar-refractivity contribution in [3.63, 3.8) is 0 Å². The van der Waals surface area contributed by atoms with Gasteiger partial charge in [0.25, 0.3) is 0 Å². The number of benzene rings is 1. The topological polar surface area (TPSA) is 91.8 Å². The molecule has 2 rings (SSSR count). The standard InChI is InChI=1S/C15H16F3NO5S/c16-15(17,18)9-25(23,24)12-3-1-10(2-4-12)7-13(20)19-6-5-11(8-19)14(21)22/h1-4,11H,5-9H2,(H,21,22). The van der Waals surface area contributed by atoms with Gasteiger partial charge in [0.15, 0.2) is 15.6 Å². The molecule has 0 aromatic heterocycles. The lowest BCUT2D eigenvalue weighted by atomic mass is 10.1. The van der Waals surface area contributed by atoms with E-state index < -0.39 is 38.5 Å². The third-order valence-electron chi connectivity index (χ3n) is 3.88. The first-order valence-corrected chi connectivity index (χ1v) is 9.02. The van der Waals surface area contributed by atoms with Gasteiger partial charge in [-0.05, 0) is 24.1 Å². The van der Waals surface area contributed by atoms with Gasteiger partial charge in [-0.3, -0.25) is 9.59 Å². The van der Waals surface area contributed by atoms with E-state index in [1.54, 1.807) is 0 Å². The normalized spacial score (nSPS) is 18.4. The first-order chi connectivity index (χ1) is 11.5. The molecule has 1 N–H and O–H groups in total. The van der Waals surface area contributed by atoms with Crippen molar-refractivity contribution in [1.82, 2.24) is 4.90 Å². The fourth-order valence-electron chi connectivity index (χ4n) is 2.59. The van der Waals surface area contributed by atoms with E-state index in [1.807, 2.05) is 0 Å². The molecule has 1 amide bonds. The number of halogens is 3. The fraction of sp³-hybridized carbons (Fsp3) is 0.467. The van der Waals surface area contributed by atoms with Gasteiger partial charge < -0.3 is 10.0 Å². The Morgan fingerprint density at radius 1 is 1.20 bits per heavy atom. The molecule has 1 aliphatic rings. The highest BCUT2D eigenvalue weighted by molar-refractivity contribution is 7.91. The molecule has 0 saturated carbocycles. The summed E-state index contributed by atoms with van der Waals surface area (Å²) in [5.74, 6) is -3.81. The second-order valence-electron chi connectivity index (χ2n) is 5.86. The maximum atomic E-state index is 12.3. The average Bonchev–Trinajstić information content (AvgIpc) is 2.95. The Hall–Kier alpha value is -2.10. The maximum absolute atomic E-state index is 12.3. The van der Waals surface area contributed by atoms with Crippen LogP contribution in [-0.4, -0.2) is 55.3 Å². The number of carboxylic acid groups (broad SMARTS) is 1. The molecule has 10 heteroatoms. The number of carbonyl (C=O) groups excluding carboxylic acids is 1. The van der Waals surface area contributed by atoms with Gasteiger partial charge in [-0.15, -0.1) is 0 Å². The summed E-state index contributed by atoms with van der Waals surface area (Å²) in [5, 5.41) is 8.91. The van der Waals surface area contributed by atoms with Gasteiger partial charge in [-0.25, -0.2) is 8.42 Å². The molecular formula is C15H16F3NO5S. The van der Waals surface area contributed by atoms with E-state index in [9.17, 15) is 31.2 Å². The zero-order valence-corrected chi connectivity index (χ0v) is 13.8. The number of hydrogen-bond donors (Lipinski definition) is 1. The third kappa shape index (κ3) is 5.18. The minimum Gasteiger partial charge on any atom is -0.481 e. The van der Waals surface area contributed by atoms with Crippen LogP contribution in [0.25, 0.3) is 0 Å². The van der Waals surface area contributed by atoms with Crippen molar-refractivity contribution in [3.8, 4) is 0 Å². The summed E-state index contributed by atoms with van der Waals surface area (Å²) in [4.78, 5) is 23.9. The van der Waals surface area contributed by atoms with Crippen LogP contribution in [0.15, 0.2) is 29.2 Å². The SMILES string of the molecule is O=C(O)C1CCN(C(=O)Cc2ccc(S(=O)(=O)CC(F)(F)F)cc2)C1. The molecule has 1 aliphatic heterocycles. The van der Waals surface area contributed by atoms with Crippen LogP contribution in [0.1, 0.15) is 12.0 Å². The molecule has 1 saturated heterocycles. The summed E-state index contributed by atoms with van der Waals surface area (Å²) >= 11 is 0. The lowest BCUT2D eigenvalue weighted by Crippen LogP contribution is -2.31. The number of aliphatic carboxylic acids is 1. The van der Waals surface area contributed by atoms with Crippen molar-refractivity contribution >= 4 is 21.7 Å². The summed E-state index contributed by atoms with van der Waals surface area (Å²) in [6.07, 6.45) is -4.54. The quantitative estimate of drug-likeness (QED) is 0.837. The first-order valence-electron chi connectivity index (χ1n) is 7.37. The molecule has 0 aliphatic carbocycles. The van der Waals surface area contributed by atoms with Crippen LogP contribution < -0.4 is 0 Å². The van der Waals surface area contributed by atoms with E-state index in [1.165, 1.54) is 17.0 Å². The van der Waals surface area contributed by atoms with Crippen molar-refractivity contribution < 1.29 is 36.3 Å². The molecule has 1 aromatic carbocycles. The molecule has 1 unspecified atom stereocenters. The van der Waals surface area contributed by atoms with Crippen molar-refractivity contribution in [2.24, 2.45) is 5.92 Å². The number of carbonyl (C=O) groups is 2. The molecule has 25 heavy (non-hydrogen) atoms. The number of nitrogens with zero attached hydrogens (tertiary/aromatic N) is 1. The first kappa shape index (κ1) is 19.2. The van der Waals surface area contributed by atoms with Gasteiger partial charge in [0, 0.05) is 13.1 Å². The van der Waals surface area contributed by atoms with Crippen LogP contribution in [0.4, 0.5) is 13.2 Å². The van der Waals surface area contributed by atoms with E-state index in [0.29, 0.717) is 18.5 Å². The Bertz CT molecular complexity index is 758. The summed E-state index contributed by atoms with van der Waals surface area (Å²) < 4.78 is 60.1. The Balaban J connectivity index is 2.01. The number of sulfone groups is 1. The van der Waals surface area contributed by atoms with Gasteiger partial charge in [-0.1, -0.05) is 12.1 Å². The highest BCUT2D eigenvalue weighted by atomic mass is 32.2. The van der Waals surface area contributed by atoms with E-state index in [0.717, 1.165) is 12.1 Å². The molecule has 0 radical (unpaired) electrons.